The smallest absolute Gasteiger partial charge is 0.276 e. The number of rotatable bonds is 8. The van der Waals surface area contributed by atoms with Crippen LogP contribution in [0.3, 0.4) is 0 Å². The fourth-order valence-corrected chi connectivity index (χ4v) is 3.50. The minimum absolute atomic E-state index is 0.310. The summed E-state index contributed by atoms with van der Waals surface area (Å²) in [5.41, 5.74) is 4.06. The first-order valence-electron chi connectivity index (χ1n) is 8.39. The third-order valence-electron chi connectivity index (χ3n) is 3.67. The molecule has 3 rings (SSSR count). The largest absolute Gasteiger partial charge is 0.489 e. The van der Waals surface area contributed by atoms with E-state index in [9.17, 15) is 4.79 Å². The van der Waals surface area contributed by atoms with Gasteiger partial charge in [-0.25, -0.2) is 10.3 Å². The van der Waals surface area contributed by atoms with Crippen molar-refractivity contribution in [2.24, 2.45) is 0 Å². The number of ether oxygens (including phenoxy) is 1. The van der Waals surface area contributed by atoms with Gasteiger partial charge in [-0.1, -0.05) is 54.2 Å². The summed E-state index contributed by atoms with van der Waals surface area (Å²) in [6.07, 6.45) is 0. The van der Waals surface area contributed by atoms with Crippen molar-refractivity contribution in [1.29, 1.82) is 0 Å². The molecule has 0 atom stereocenters. The van der Waals surface area contributed by atoms with Crippen LogP contribution in [0.4, 0.5) is 0 Å². The van der Waals surface area contributed by atoms with Crippen LogP contribution in [0, 0.1) is 0 Å². The normalized spacial score (nSPS) is 10.7. The zero-order valence-corrected chi connectivity index (χ0v) is 18.7. The van der Waals surface area contributed by atoms with Crippen LogP contribution in [0.2, 0.25) is 0 Å². The van der Waals surface area contributed by atoms with Crippen molar-refractivity contribution in [3.63, 3.8) is 0 Å². The first-order chi connectivity index (χ1) is 13.6. The Bertz CT molecular complexity index is 905. The molecular weight excluding hydrogens is 506 g/mol. The number of benzene rings is 3. The van der Waals surface area contributed by atoms with Crippen molar-refractivity contribution in [3.8, 4) is 5.75 Å². The molecular formula is C21H17Br2NO3S. The van der Waals surface area contributed by atoms with E-state index in [1.165, 1.54) is 11.8 Å². The highest BCUT2D eigenvalue weighted by Gasteiger charge is 2.13. The molecule has 0 aliphatic carbocycles. The van der Waals surface area contributed by atoms with E-state index in [2.05, 4.69) is 37.3 Å². The fourth-order valence-electron chi connectivity index (χ4n) is 2.37. The van der Waals surface area contributed by atoms with Crippen LogP contribution in [0.15, 0.2) is 88.7 Å². The Morgan fingerprint density at radius 1 is 0.929 bits per heavy atom. The van der Waals surface area contributed by atoms with Gasteiger partial charge < -0.3 is 4.74 Å². The first kappa shape index (κ1) is 20.9. The number of carbonyl (C=O) groups excluding carboxylic acids is 1. The third kappa shape index (κ3) is 6.38. The zero-order valence-electron chi connectivity index (χ0n) is 14.7. The Morgan fingerprint density at radius 3 is 2.32 bits per heavy atom. The van der Waals surface area contributed by atoms with Crippen molar-refractivity contribution in [2.75, 3.05) is 0 Å². The van der Waals surface area contributed by atoms with E-state index in [0.717, 1.165) is 21.1 Å². The Labute approximate surface area is 184 Å². The quantitative estimate of drug-likeness (QED) is 0.284. The van der Waals surface area contributed by atoms with Gasteiger partial charge in [-0.2, -0.15) is 0 Å². The molecule has 0 aliphatic rings. The van der Waals surface area contributed by atoms with Crippen molar-refractivity contribution >= 4 is 49.5 Å². The lowest BCUT2D eigenvalue weighted by Gasteiger charge is -2.11. The molecule has 0 aromatic heterocycles. The van der Waals surface area contributed by atoms with Crippen molar-refractivity contribution in [2.45, 2.75) is 20.3 Å². The SMILES string of the molecule is O=C(NOC(Br)Br)c1ccccc1Sc1ccc(OCc2ccccc2)cc1. The number of amides is 1. The Kier molecular flexibility index (Phi) is 7.97. The molecule has 3 aromatic carbocycles. The number of hydrogen-bond acceptors (Lipinski definition) is 4. The summed E-state index contributed by atoms with van der Waals surface area (Å²) in [4.78, 5) is 19.2. The van der Waals surface area contributed by atoms with Crippen LogP contribution >= 0.6 is 43.6 Å². The van der Waals surface area contributed by atoms with Gasteiger partial charge in [0.2, 0.25) is 0 Å². The molecule has 0 spiro atoms. The highest BCUT2D eigenvalue weighted by molar-refractivity contribution is 9.24. The van der Waals surface area contributed by atoms with E-state index in [1.54, 1.807) is 6.07 Å². The van der Waals surface area contributed by atoms with E-state index in [-0.39, 0.29) is 5.91 Å². The lowest BCUT2D eigenvalue weighted by Crippen LogP contribution is -2.25. The standard InChI is InChI=1S/C21H17Br2NO3S/c22-21(23)27-24-20(25)18-8-4-5-9-19(18)28-17-12-10-16(11-13-17)26-14-15-6-2-1-3-7-15/h1-13,21H,14H2,(H,24,25). The minimum atomic E-state index is -0.452. The molecule has 1 amide bonds. The summed E-state index contributed by atoms with van der Waals surface area (Å²) in [5, 5.41) is 0. The molecule has 0 saturated heterocycles. The molecule has 0 heterocycles. The summed E-state index contributed by atoms with van der Waals surface area (Å²) in [6, 6.07) is 25.2. The van der Waals surface area contributed by atoms with Gasteiger partial charge in [0.1, 0.15) is 12.4 Å². The number of nitrogens with one attached hydrogen (secondary N) is 1. The molecule has 0 saturated carbocycles. The molecule has 0 radical (unpaired) electrons. The van der Waals surface area contributed by atoms with Crippen molar-refractivity contribution < 1.29 is 14.4 Å². The second-order valence-electron chi connectivity index (χ2n) is 5.65. The van der Waals surface area contributed by atoms with Crippen molar-refractivity contribution in [3.05, 3.63) is 90.0 Å². The maximum absolute atomic E-state index is 12.3. The monoisotopic (exact) mass is 521 g/mol. The molecule has 3 aromatic rings. The van der Waals surface area contributed by atoms with Crippen LogP contribution in [0.25, 0.3) is 0 Å². The molecule has 4 nitrogen and oxygen atoms in total. The number of alkyl halides is 2. The lowest BCUT2D eigenvalue weighted by molar-refractivity contribution is 0.0444. The van der Waals surface area contributed by atoms with E-state index in [4.69, 9.17) is 9.57 Å². The highest BCUT2D eigenvalue weighted by Crippen LogP contribution is 2.31. The predicted molar refractivity (Wildman–Crippen MR) is 118 cm³/mol. The maximum atomic E-state index is 12.3. The average Bonchev–Trinajstić information content (AvgIpc) is 2.72. The van der Waals surface area contributed by atoms with Crippen LogP contribution in [-0.2, 0) is 11.4 Å². The van der Waals surface area contributed by atoms with Crippen LogP contribution in [0.1, 0.15) is 15.9 Å². The summed E-state index contributed by atoms with van der Waals surface area (Å²) < 4.78 is 5.36. The Balaban J connectivity index is 1.63. The molecule has 0 fully saturated rings. The van der Waals surface area contributed by atoms with Gasteiger partial charge in [0.25, 0.3) is 5.91 Å². The topological polar surface area (TPSA) is 47.6 Å². The molecule has 0 bridgehead atoms. The van der Waals surface area contributed by atoms with Crippen LogP contribution in [0.5, 0.6) is 5.75 Å². The number of carbonyl (C=O) groups is 1. The van der Waals surface area contributed by atoms with Gasteiger partial charge in [0.05, 0.1) is 5.56 Å². The van der Waals surface area contributed by atoms with Crippen LogP contribution < -0.4 is 10.2 Å². The summed E-state index contributed by atoms with van der Waals surface area (Å²) in [5.74, 6) is 0.489. The third-order valence-corrected chi connectivity index (χ3v) is 5.13. The summed E-state index contributed by atoms with van der Waals surface area (Å²) >= 11 is 7.79. The Morgan fingerprint density at radius 2 is 1.61 bits per heavy atom. The fraction of sp³-hybridized carbons (Fsp3) is 0.0952. The second-order valence-corrected chi connectivity index (χ2v) is 9.66. The number of hydroxylamine groups is 1. The lowest BCUT2D eigenvalue weighted by atomic mass is 10.2. The zero-order chi connectivity index (χ0) is 19.8. The van der Waals surface area contributed by atoms with E-state index < -0.39 is 3.92 Å². The minimum Gasteiger partial charge on any atom is -0.489 e. The van der Waals surface area contributed by atoms with E-state index in [1.807, 2.05) is 72.8 Å². The maximum Gasteiger partial charge on any atom is 0.276 e. The van der Waals surface area contributed by atoms with Gasteiger partial charge in [-0.3, -0.25) is 4.79 Å². The van der Waals surface area contributed by atoms with E-state index >= 15 is 0 Å². The van der Waals surface area contributed by atoms with E-state index in [0.29, 0.717) is 12.2 Å². The first-order valence-corrected chi connectivity index (χ1v) is 11.0. The van der Waals surface area contributed by atoms with Gasteiger partial charge in [-0.15, -0.1) is 0 Å². The number of hydrogen-bond donors (Lipinski definition) is 1. The molecule has 0 unspecified atom stereocenters. The molecule has 1 N–H and O–H groups in total. The summed E-state index contributed by atoms with van der Waals surface area (Å²) in [7, 11) is 0. The Hall–Kier alpha value is -1.80. The van der Waals surface area contributed by atoms with Crippen LogP contribution in [-0.4, -0.2) is 9.83 Å². The van der Waals surface area contributed by atoms with Gasteiger partial charge in [0.15, 0.2) is 3.92 Å². The predicted octanol–water partition coefficient (Wildman–Crippen LogP) is 6.15. The van der Waals surface area contributed by atoms with Crippen molar-refractivity contribution in [1.82, 2.24) is 5.48 Å². The molecule has 28 heavy (non-hydrogen) atoms. The van der Waals surface area contributed by atoms with Gasteiger partial charge in [0, 0.05) is 9.79 Å². The van der Waals surface area contributed by atoms with Gasteiger partial charge >= 0.3 is 0 Å². The molecule has 0 aliphatic heterocycles. The summed E-state index contributed by atoms with van der Waals surface area (Å²) in [6.45, 7) is 0.526. The molecule has 144 valence electrons. The number of halogens is 2. The highest BCUT2D eigenvalue weighted by atomic mass is 79.9. The molecule has 7 heteroatoms. The average molecular weight is 523 g/mol. The van der Waals surface area contributed by atoms with Gasteiger partial charge in [-0.05, 0) is 73.8 Å². The second kappa shape index (κ2) is 10.7.